The van der Waals surface area contributed by atoms with E-state index in [1.807, 2.05) is 0 Å². The van der Waals surface area contributed by atoms with Crippen molar-refractivity contribution in [2.24, 2.45) is 11.1 Å². The number of ether oxygens (including phenoxy) is 1. The molecule has 102 valence electrons. The summed E-state index contributed by atoms with van der Waals surface area (Å²) in [5.41, 5.74) is 5.78. The number of methoxy groups -OCH3 is 1. The number of rotatable bonds is 6. The van der Waals surface area contributed by atoms with Crippen molar-refractivity contribution in [2.75, 3.05) is 20.2 Å². The summed E-state index contributed by atoms with van der Waals surface area (Å²) in [7, 11) is 1.59. The largest absolute Gasteiger partial charge is 0.380 e. The van der Waals surface area contributed by atoms with Crippen LogP contribution in [0.2, 0.25) is 0 Å². The van der Waals surface area contributed by atoms with E-state index in [9.17, 15) is 4.79 Å². The van der Waals surface area contributed by atoms with Crippen LogP contribution in [0.1, 0.15) is 39.0 Å². The quantitative estimate of drug-likeness (QED) is 0.764. The Hall–Kier alpha value is -0.320. The Bertz CT molecular complexity index is 227. The smallest absolute Gasteiger partial charge is 0.222 e. The number of carbonyl (C=O) groups excluding carboxylic acids is 1. The van der Waals surface area contributed by atoms with E-state index >= 15 is 0 Å². The highest BCUT2D eigenvalue weighted by molar-refractivity contribution is 5.85. The number of halogens is 1. The molecule has 5 heteroatoms. The second-order valence-electron chi connectivity index (χ2n) is 5.09. The van der Waals surface area contributed by atoms with Crippen molar-refractivity contribution in [1.29, 1.82) is 0 Å². The SMILES string of the molecule is COC(CN)CC(=O)NCC1(C)CCCC1.Cl. The summed E-state index contributed by atoms with van der Waals surface area (Å²) in [6.07, 6.45) is 5.22. The molecule has 0 aromatic rings. The number of nitrogens with two attached hydrogens (primary N) is 1. The van der Waals surface area contributed by atoms with Crippen LogP contribution in [0.15, 0.2) is 0 Å². The Balaban J connectivity index is 0.00000256. The van der Waals surface area contributed by atoms with Crippen molar-refractivity contribution in [1.82, 2.24) is 5.32 Å². The van der Waals surface area contributed by atoms with Gasteiger partial charge in [0.2, 0.25) is 5.91 Å². The lowest BCUT2D eigenvalue weighted by Gasteiger charge is -2.24. The first-order chi connectivity index (χ1) is 7.59. The van der Waals surface area contributed by atoms with Gasteiger partial charge in [-0.25, -0.2) is 0 Å². The minimum atomic E-state index is -0.156. The molecule has 0 aliphatic heterocycles. The Labute approximate surface area is 110 Å². The topological polar surface area (TPSA) is 64.3 Å². The average molecular weight is 265 g/mol. The van der Waals surface area contributed by atoms with Gasteiger partial charge in [-0.2, -0.15) is 0 Å². The van der Waals surface area contributed by atoms with Gasteiger partial charge in [-0.1, -0.05) is 19.8 Å². The van der Waals surface area contributed by atoms with E-state index in [1.165, 1.54) is 25.7 Å². The summed E-state index contributed by atoms with van der Waals surface area (Å²) < 4.78 is 5.08. The molecule has 0 aromatic heterocycles. The monoisotopic (exact) mass is 264 g/mol. The van der Waals surface area contributed by atoms with Crippen LogP contribution in [0, 0.1) is 5.41 Å². The first kappa shape index (κ1) is 16.7. The second-order valence-corrected chi connectivity index (χ2v) is 5.09. The van der Waals surface area contributed by atoms with E-state index in [2.05, 4.69) is 12.2 Å². The Morgan fingerprint density at radius 1 is 1.47 bits per heavy atom. The Kier molecular flexibility index (Phi) is 7.75. The van der Waals surface area contributed by atoms with E-state index in [4.69, 9.17) is 10.5 Å². The van der Waals surface area contributed by atoms with Gasteiger partial charge in [-0.15, -0.1) is 12.4 Å². The van der Waals surface area contributed by atoms with Crippen molar-refractivity contribution in [3.8, 4) is 0 Å². The zero-order chi connectivity index (χ0) is 12.0. The van der Waals surface area contributed by atoms with Crippen LogP contribution >= 0.6 is 12.4 Å². The maximum atomic E-state index is 11.6. The Morgan fingerprint density at radius 3 is 2.53 bits per heavy atom. The Morgan fingerprint density at radius 2 is 2.06 bits per heavy atom. The third-order valence-electron chi connectivity index (χ3n) is 3.53. The van der Waals surface area contributed by atoms with Gasteiger partial charge in [0.15, 0.2) is 0 Å². The first-order valence-electron chi connectivity index (χ1n) is 6.09. The summed E-state index contributed by atoms with van der Waals surface area (Å²) in [5, 5.41) is 2.99. The molecule has 0 saturated heterocycles. The molecule has 1 amide bonds. The molecule has 0 bridgehead atoms. The maximum Gasteiger partial charge on any atom is 0.222 e. The highest BCUT2D eigenvalue weighted by atomic mass is 35.5. The first-order valence-corrected chi connectivity index (χ1v) is 6.09. The molecule has 0 heterocycles. The lowest BCUT2D eigenvalue weighted by atomic mass is 9.89. The van der Waals surface area contributed by atoms with Crippen molar-refractivity contribution in [2.45, 2.75) is 45.1 Å². The van der Waals surface area contributed by atoms with Crippen LogP contribution in [-0.4, -0.2) is 32.2 Å². The lowest BCUT2D eigenvalue weighted by Crippen LogP contribution is -2.37. The molecule has 1 aliphatic carbocycles. The highest BCUT2D eigenvalue weighted by Gasteiger charge is 2.28. The van der Waals surface area contributed by atoms with Crippen molar-refractivity contribution < 1.29 is 9.53 Å². The summed E-state index contributed by atoms with van der Waals surface area (Å²) in [4.78, 5) is 11.6. The molecule has 1 rings (SSSR count). The van der Waals surface area contributed by atoms with Crippen molar-refractivity contribution in [3.05, 3.63) is 0 Å². The standard InChI is InChI=1S/C12H24N2O2.ClH/c1-12(5-3-4-6-12)9-14-11(15)7-10(8-13)16-2;/h10H,3-9,13H2,1-2H3,(H,14,15);1H. The normalized spacial score (nSPS) is 19.5. The van der Waals surface area contributed by atoms with Crippen LogP contribution in [0.5, 0.6) is 0 Å². The fraction of sp³-hybridized carbons (Fsp3) is 0.917. The third-order valence-corrected chi connectivity index (χ3v) is 3.53. The van der Waals surface area contributed by atoms with Gasteiger partial charge < -0.3 is 15.8 Å². The molecule has 0 aromatic carbocycles. The summed E-state index contributed by atoms with van der Waals surface area (Å²) in [6, 6.07) is 0. The molecule has 0 radical (unpaired) electrons. The van der Waals surface area contributed by atoms with Gasteiger partial charge >= 0.3 is 0 Å². The molecule has 3 N–H and O–H groups in total. The van der Waals surface area contributed by atoms with E-state index in [-0.39, 0.29) is 24.4 Å². The minimum absolute atomic E-state index is 0. The number of hydrogen-bond acceptors (Lipinski definition) is 3. The summed E-state index contributed by atoms with van der Waals surface area (Å²) in [6.45, 7) is 3.42. The molecular weight excluding hydrogens is 240 g/mol. The zero-order valence-corrected chi connectivity index (χ0v) is 11.6. The van der Waals surface area contributed by atoms with Gasteiger partial charge in [0.25, 0.3) is 0 Å². The van der Waals surface area contributed by atoms with Gasteiger partial charge in [0.05, 0.1) is 12.5 Å². The average Bonchev–Trinajstić information content (AvgIpc) is 2.71. The molecule has 17 heavy (non-hydrogen) atoms. The van der Waals surface area contributed by atoms with E-state index in [0.717, 1.165) is 6.54 Å². The van der Waals surface area contributed by atoms with E-state index in [1.54, 1.807) is 7.11 Å². The van der Waals surface area contributed by atoms with Crippen LogP contribution in [0.4, 0.5) is 0 Å². The third kappa shape index (κ3) is 5.70. The molecule has 1 saturated carbocycles. The molecule has 1 fully saturated rings. The van der Waals surface area contributed by atoms with Gasteiger partial charge in [-0.3, -0.25) is 4.79 Å². The number of amides is 1. The predicted molar refractivity (Wildman–Crippen MR) is 71.3 cm³/mol. The number of hydrogen-bond donors (Lipinski definition) is 2. The van der Waals surface area contributed by atoms with Gasteiger partial charge in [0.1, 0.15) is 0 Å². The summed E-state index contributed by atoms with van der Waals surface area (Å²) in [5.74, 6) is 0.0467. The van der Waals surface area contributed by atoms with Crippen LogP contribution < -0.4 is 11.1 Å². The van der Waals surface area contributed by atoms with Crippen LogP contribution in [-0.2, 0) is 9.53 Å². The van der Waals surface area contributed by atoms with E-state index < -0.39 is 0 Å². The molecular formula is C12H25ClN2O2. The molecule has 1 aliphatic rings. The second kappa shape index (κ2) is 7.90. The molecule has 1 unspecified atom stereocenters. The summed E-state index contributed by atoms with van der Waals surface area (Å²) >= 11 is 0. The molecule has 1 atom stereocenters. The van der Waals surface area contributed by atoms with Crippen molar-refractivity contribution >= 4 is 18.3 Å². The zero-order valence-electron chi connectivity index (χ0n) is 10.8. The van der Waals surface area contributed by atoms with Gasteiger partial charge in [-0.05, 0) is 18.3 Å². The fourth-order valence-corrected chi connectivity index (χ4v) is 2.26. The maximum absolute atomic E-state index is 11.6. The number of carbonyl (C=O) groups is 1. The molecule has 4 nitrogen and oxygen atoms in total. The van der Waals surface area contributed by atoms with E-state index in [0.29, 0.717) is 18.4 Å². The van der Waals surface area contributed by atoms with Crippen molar-refractivity contribution in [3.63, 3.8) is 0 Å². The highest BCUT2D eigenvalue weighted by Crippen LogP contribution is 2.36. The fourth-order valence-electron chi connectivity index (χ4n) is 2.26. The minimum Gasteiger partial charge on any atom is -0.380 e. The van der Waals surface area contributed by atoms with Crippen LogP contribution in [0.25, 0.3) is 0 Å². The number of nitrogens with one attached hydrogen (secondary N) is 1. The van der Waals surface area contributed by atoms with Gasteiger partial charge in [0, 0.05) is 20.2 Å². The predicted octanol–water partition coefficient (Wildman–Crippen LogP) is 1.47. The molecule has 0 spiro atoms. The van der Waals surface area contributed by atoms with Crippen LogP contribution in [0.3, 0.4) is 0 Å². The lowest BCUT2D eigenvalue weighted by molar-refractivity contribution is -0.123.